The van der Waals surface area contributed by atoms with Crippen molar-refractivity contribution in [2.45, 2.75) is 40.2 Å². The number of carbonyl (C=O) groups excluding carboxylic acids is 1. The van der Waals surface area contributed by atoms with Crippen LogP contribution >= 0.6 is 0 Å². The number of ether oxygens (including phenoxy) is 2. The third-order valence-electron chi connectivity index (χ3n) is 2.95. The van der Waals surface area contributed by atoms with Gasteiger partial charge in [0.25, 0.3) is 0 Å². The van der Waals surface area contributed by atoms with E-state index in [-0.39, 0.29) is 18.0 Å². The van der Waals surface area contributed by atoms with Gasteiger partial charge in [0.2, 0.25) is 0 Å². The van der Waals surface area contributed by atoms with Crippen molar-refractivity contribution in [3.05, 3.63) is 30.3 Å². The Morgan fingerprint density at radius 3 is 2.26 bits per heavy atom. The molecule has 0 fully saturated rings. The van der Waals surface area contributed by atoms with E-state index in [0.29, 0.717) is 18.9 Å². The van der Waals surface area contributed by atoms with Gasteiger partial charge in [-0.25, -0.2) is 0 Å². The van der Waals surface area contributed by atoms with Crippen molar-refractivity contribution in [1.29, 1.82) is 0 Å². The first-order valence-corrected chi connectivity index (χ1v) is 6.86. The average Bonchev–Trinajstić information content (AvgIpc) is 2.34. The predicted molar refractivity (Wildman–Crippen MR) is 76.1 cm³/mol. The summed E-state index contributed by atoms with van der Waals surface area (Å²) in [7, 11) is 0. The van der Waals surface area contributed by atoms with Crippen molar-refractivity contribution < 1.29 is 14.3 Å². The summed E-state index contributed by atoms with van der Waals surface area (Å²) in [5, 5.41) is 0. The lowest BCUT2D eigenvalue weighted by atomic mass is 9.93. The summed E-state index contributed by atoms with van der Waals surface area (Å²) in [6.07, 6.45) is 0.346. The second-order valence-electron chi connectivity index (χ2n) is 5.37. The second kappa shape index (κ2) is 7.82. The molecular formula is C16H24O3. The SMILES string of the molecule is CC(C)OC(=O)CC(COc1ccccc1)C(C)C. The molecule has 0 amide bonds. The van der Waals surface area contributed by atoms with Gasteiger partial charge in [0.05, 0.1) is 19.1 Å². The van der Waals surface area contributed by atoms with Crippen LogP contribution in [0.1, 0.15) is 34.1 Å². The second-order valence-corrected chi connectivity index (χ2v) is 5.37. The molecular weight excluding hydrogens is 240 g/mol. The highest BCUT2D eigenvalue weighted by Crippen LogP contribution is 2.19. The van der Waals surface area contributed by atoms with Gasteiger partial charge in [0.1, 0.15) is 5.75 Å². The summed E-state index contributed by atoms with van der Waals surface area (Å²) in [5.41, 5.74) is 0. The molecule has 1 aromatic rings. The summed E-state index contributed by atoms with van der Waals surface area (Å²) in [6.45, 7) is 8.46. The lowest BCUT2D eigenvalue weighted by Gasteiger charge is -2.21. The van der Waals surface area contributed by atoms with E-state index in [4.69, 9.17) is 9.47 Å². The Hall–Kier alpha value is -1.51. The normalized spacial score (nSPS) is 12.5. The Labute approximate surface area is 115 Å². The van der Waals surface area contributed by atoms with Crippen LogP contribution in [0.5, 0.6) is 5.75 Å². The topological polar surface area (TPSA) is 35.5 Å². The fourth-order valence-corrected chi connectivity index (χ4v) is 1.73. The van der Waals surface area contributed by atoms with Gasteiger partial charge in [0.15, 0.2) is 0 Å². The Bertz CT molecular complexity index is 371. The average molecular weight is 264 g/mol. The van der Waals surface area contributed by atoms with Crippen LogP contribution in [0.2, 0.25) is 0 Å². The number of para-hydroxylation sites is 1. The maximum absolute atomic E-state index is 11.7. The molecule has 3 nitrogen and oxygen atoms in total. The van der Waals surface area contributed by atoms with Gasteiger partial charge in [-0.15, -0.1) is 0 Å². The number of esters is 1. The van der Waals surface area contributed by atoms with E-state index in [1.165, 1.54) is 0 Å². The molecule has 1 rings (SSSR count). The highest BCUT2D eigenvalue weighted by atomic mass is 16.5. The summed E-state index contributed by atoms with van der Waals surface area (Å²) in [6, 6.07) is 9.67. The van der Waals surface area contributed by atoms with Crippen LogP contribution in [0.15, 0.2) is 30.3 Å². The zero-order valence-corrected chi connectivity index (χ0v) is 12.3. The maximum atomic E-state index is 11.7. The van der Waals surface area contributed by atoms with Crippen LogP contribution in [-0.2, 0) is 9.53 Å². The Morgan fingerprint density at radius 2 is 1.74 bits per heavy atom. The maximum Gasteiger partial charge on any atom is 0.306 e. The Balaban J connectivity index is 2.47. The molecule has 106 valence electrons. The van der Waals surface area contributed by atoms with E-state index in [9.17, 15) is 4.79 Å². The first kappa shape index (κ1) is 15.5. The monoisotopic (exact) mass is 264 g/mol. The van der Waals surface area contributed by atoms with Crippen LogP contribution in [0, 0.1) is 11.8 Å². The van der Waals surface area contributed by atoms with Crippen molar-refractivity contribution >= 4 is 5.97 Å². The van der Waals surface area contributed by atoms with Crippen molar-refractivity contribution in [2.24, 2.45) is 11.8 Å². The summed E-state index contributed by atoms with van der Waals surface area (Å²) < 4.78 is 10.9. The van der Waals surface area contributed by atoms with Gasteiger partial charge >= 0.3 is 5.97 Å². The van der Waals surface area contributed by atoms with Crippen LogP contribution in [-0.4, -0.2) is 18.7 Å². The first-order valence-electron chi connectivity index (χ1n) is 6.86. The molecule has 1 atom stereocenters. The highest BCUT2D eigenvalue weighted by molar-refractivity contribution is 5.69. The molecule has 0 heterocycles. The minimum atomic E-state index is -0.148. The lowest BCUT2D eigenvalue weighted by molar-refractivity contribution is -0.149. The molecule has 3 heteroatoms. The molecule has 19 heavy (non-hydrogen) atoms. The zero-order valence-electron chi connectivity index (χ0n) is 12.3. The molecule has 0 radical (unpaired) electrons. The molecule has 0 aliphatic heterocycles. The van der Waals surface area contributed by atoms with Crippen LogP contribution in [0.3, 0.4) is 0 Å². The number of carbonyl (C=O) groups is 1. The van der Waals surface area contributed by atoms with Crippen LogP contribution < -0.4 is 4.74 Å². The van der Waals surface area contributed by atoms with Crippen molar-refractivity contribution in [2.75, 3.05) is 6.61 Å². The van der Waals surface area contributed by atoms with Gasteiger partial charge in [0, 0.05) is 5.92 Å². The minimum Gasteiger partial charge on any atom is -0.493 e. The summed E-state index contributed by atoms with van der Waals surface area (Å²) in [5.74, 6) is 1.24. The van der Waals surface area contributed by atoms with E-state index in [2.05, 4.69) is 13.8 Å². The molecule has 1 aromatic carbocycles. The van der Waals surface area contributed by atoms with E-state index in [0.717, 1.165) is 5.75 Å². The largest absolute Gasteiger partial charge is 0.493 e. The van der Waals surface area contributed by atoms with Crippen LogP contribution in [0.25, 0.3) is 0 Å². The van der Waals surface area contributed by atoms with Crippen molar-refractivity contribution in [3.8, 4) is 5.75 Å². The van der Waals surface area contributed by atoms with E-state index in [1.807, 2.05) is 44.2 Å². The van der Waals surface area contributed by atoms with Crippen LogP contribution in [0.4, 0.5) is 0 Å². The van der Waals surface area contributed by atoms with Gasteiger partial charge in [-0.1, -0.05) is 32.0 Å². The van der Waals surface area contributed by atoms with E-state index >= 15 is 0 Å². The zero-order chi connectivity index (χ0) is 14.3. The minimum absolute atomic E-state index is 0.0599. The third kappa shape index (κ3) is 6.27. The van der Waals surface area contributed by atoms with E-state index < -0.39 is 0 Å². The molecule has 0 aliphatic rings. The third-order valence-corrected chi connectivity index (χ3v) is 2.95. The number of hydrogen-bond acceptors (Lipinski definition) is 3. The molecule has 0 spiro atoms. The first-order chi connectivity index (χ1) is 8.99. The Morgan fingerprint density at radius 1 is 1.11 bits per heavy atom. The fraction of sp³-hybridized carbons (Fsp3) is 0.562. The summed E-state index contributed by atoms with van der Waals surface area (Å²) >= 11 is 0. The molecule has 0 aromatic heterocycles. The van der Waals surface area contributed by atoms with Crippen molar-refractivity contribution in [1.82, 2.24) is 0 Å². The smallest absolute Gasteiger partial charge is 0.306 e. The highest BCUT2D eigenvalue weighted by Gasteiger charge is 2.20. The standard InChI is InChI=1S/C16H24O3/c1-12(2)14(10-16(17)19-13(3)4)11-18-15-8-6-5-7-9-15/h5-9,12-14H,10-11H2,1-4H3. The number of rotatable bonds is 7. The molecule has 0 saturated carbocycles. The van der Waals surface area contributed by atoms with Crippen molar-refractivity contribution in [3.63, 3.8) is 0 Å². The number of benzene rings is 1. The molecule has 0 saturated heterocycles. The quantitative estimate of drug-likeness (QED) is 0.705. The number of hydrogen-bond donors (Lipinski definition) is 0. The molecule has 1 unspecified atom stereocenters. The van der Waals surface area contributed by atoms with Gasteiger partial charge in [-0.2, -0.15) is 0 Å². The predicted octanol–water partition coefficient (Wildman–Crippen LogP) is 3.68. The summed E-state index contributed by atoms with van der Waals surface area (Å²) in [4.78, 5) is 11.7. The van der Waals surface area contributed by atoms with E-state index in [1.54, 1.807) is 0 Å². The fourth-order valence-electron chi connectivity index (χ4n) is 1.73. The van der Waals surface area contributed by atoms with Gasteiger partial charge in [-0.05, 0) is 31.9 Å². The molecule has 0 bridgehead atoms. The van der Waals surface area contributed by atoms with Gasteiger partial charge < -0.3 is 9.47 Å². The van der Waals surface area contributed by atoms with Gasteiger partial charge in [-0.3, -0.25) is 4.79 Å². The lowest BCUT2D eigenvalue weighted by Crippen LogP contribution is -2.23. The Kier molecular flexibility index (Phi) is 6.40. The molecule has 0 aliphatic carbocycles. The molecule has 0 N–H and O–H groups in total.